The maximum atomic E-state index is 12.4. The molecule has 32 heavy (non-hydrogen) atoms. The van der Waals surface area contributed by atoms with Crippen molar-refractivity contribution in [2.24, 2.45) is 5.10 Å². The molecule has 0 aliphatic carbocycles. The van der Waals surface area contributed by atoms with E-state index in [1.807, 2.05) is 77.9 Å². The first-order chi connectivity index (χ1) is 15.6. The van der Waals surface area contributed by atoms with Gasteiger partial charge in [-0.1, -0.05) is 54.6 Å². The standard InChI is InChI=1S/C25H23N3O2S2/c1-31-22-13-7-18(8-14-22)15-26-27-24(30)20-9-11-21(12-10-20)25-28(23(29)17-32-25)16-19-5-3-2-4-6-19/h2-15,25H,16-17H2,1H3,(H,27,30)/b26-15-/t25-/m0/s1. The fourth-order valence-electron chi connectivity index (χ4n) is 3.40. The Kier molecular flexibility index (Phi) is 7.29. The number of carbonyl (C=O) groups excluding carboxylic acids is 2. The van der Waals surface area contributed by atoms with Gasteiger partial charge in [0, 0.05) is 17.0 Å². The van der Waals surface area contributed by atoms with E-state index in [2.05, 4.69) is 10.5 Å². The molecule has 1 heterocycles. The summed E-state index contributed by atoms with van der Waals surface area (Å²) in [5.74, 6) is 0.322. The normalized spacial score (nSPS) is 16.0. The van der Waals surface area contributed by atoms with Crippen LogP contribution in [-0.2, 0) is 11.3 Å². The maximum Gasteiger partial charge on any atom is 0.271 e. The minimum Gasteiger partial charge on any atom is -0.322 e. The van der Waals surface area contributed by atoms with Gasteiger partial charge in [0.15, 0.2) is 0 Å². The number of benzene rings is 3. The summed E-state index contributed by atoms with van der Waals surface area (Å²) < 4.78 is 0. The fraction of sp³-hybridized carbons (Fsp3) is 0.160. The third-order valence-corrected chi connectivity index (χ3v) is 7.12. The average molecular weight is 462 g/mol. The highest BCUT2D eigenvalue weighted by Gasteiger charge is 2.32. The van der Waals surface area contributed by atoms with Gasteiger partial charge in [0.25, 0.3) is 5.91 Å². The molecule has 0 spiro atoms. The first-order valence-corrected chi connectivity index (χ1v) is 12.4. The van der Waals surface area contributed by atoms with Crippen LogP contribution in [0.4, 0.5) is 0 Å². The number of nitrogens with one attached hydrogen (secondary N) is 1. The minimum absolute atomic E-state index is 0.0536. The van der Waals surface area contributed by atoms with Crippen LogP contribution in [0.1, 0.15) is 32.4 Å². The lowest BCUT2D eigenvalue weighted by atomic mass is 10.1. The Bertz CT molecular complexity index is 1100. The molecule has 162 valence electrons. The van der Waals surface area contributed by atoms with Crippen molar-refractivity contribution >= 4 is 41.6 Å². The molecular weight excluding hydrogens is 438 g/mol. The van der Waals surface area contributed by atoms with E-state index in [0.29, 0.717) is 17.9 Å². The molecule has 1 atom stereocenters. The SMILES string of the molecule is CSc1ccc(/C=N\NC(=O)c2ccc([C@@H]3SCC(=O)N3Cc3ccccc3)cc2)cc1. The van der Waals surface area contributed by atoms with E-state index in [1.54, 1.807) is 41.9 Å². The van der Waals surface area contributed by atoms with Crippen molar-refractivity contribution in [1.29, 1.82) is 0 Å². The van der Waals surface area contributed by atoms with Gasteiger partial charge in [-0.05, 0) is 47.2 Å². The molecule has 2 amide bonds. The molecule has 1 fully saturated rings. The zero-order chi connectivity index (χ0) is 22.3. The van der Waals surface area contributed by atoms with Crippen molar-refractivity contribution in [3.63, 3.8) is 0 Å². The molecule has 7 heteroatoms. The van der Waals surface area contributed by atoms with Crippen molar-refractivity contribution in [3.05, 3.63) is 101 Å². The van der Waals surface area contributed by atoms with Gasteiger partial charge >= 0.3 is 0 Å². The molecule has 1 saturated heterocycles. The Hall–Kier alpha value is -3.03. The Labute approximate surface area is 196 Å². The molecule has 4 rings (SSSR count). The minimum atomic E-state index is -0.273. The molecule has 1 aliphatic rings. The van der Waals surface area contributed by atoms with E-state index in [-0.39, 0.29) is 17.2 Å². The second kappa shape index (κ2) is 10.5. The first kappa shape index (κ1) is 22.2. The molecule has 0 aromatic heterocycles. The second-order valence-electron chi connectivity index (χ2n) is 7.26. The van der Waals surface area contributed by atoms with Crippen molar-refractivity contribution in [2.75, 3.05) is 12.0 Å². The number of hydrazone groups is 1. The third kappa shape index (κ3) is 5.41. The quantitative estimate of drug-likeness (QED) is 0.307. The predicted molar refractivity (Wildman–Crippen MR) is 132 cm³/mol. The number of amides is 2. The number of rotatable bonds is 7. The number of hydrogen-bond donors (Lipinski definition) is 1. The summed E-state index contributed by atoms with van der Waals surface area (Å²) in [6.45, 7) is 0.576. The monoisotopic (exact) mass is 461 g/mol. The highest BCUT2D eigenvalue weighted by molar-refractivity contribution is 8.00. The van der Waals surface area contributed by atoms with E-state index in [9.17, 15) is 9.59 Å². The fourth-order valence-corrected chi connectivity index (χ4v) is 5.00. The Morgan fingerprint density at radius 1 is 1.09 bits per heavy atom. The molecule has 3 aromatic rings. The van der Waals surface area contributed by atoms with Gasteiger partial charge < -0.3 is 4.90 Å². The van der Waals surface area contributed by atoms with Crippen LogP contribution in [-0.4, -0.2) is 34.9 Å². The molecular formula is C25H23N3O2S2. The lowest BCUT2D eigenvalue weighted by Crippen LogP contribution is -2.27. The summed E-state index contributed by atoms with van der Waals surface area (Å²) in [5.41, 5.74) is 6.11. The van der Waals surface area contributed by atoms with E-state index in [0.717, 1.165) is 16.7 Å². The molecule has 1 N–H and O–H groups in total. The van der Waals surface area contributed by atoms with Crippen LogP contribution in [0.15, 0.2) is 88.9 Å². The summed E-state index contributed by atoms with van der Waals surface area (Å²) >= 11 is 3.29. The van der Waals surface area contributed by atoms with Crippen LogP contribution in [0.2, 0.25) is 0 Å². The van der Waals surface area contributed by atoms with Crippen molar-refractivity contribution < 1.29 is 9.59 Å². The Balaban J connectivity index is 1.38. The zero-order valence-corrected chi connectivity index (χ0v) is 19.2. The van der Waals surface area contributed by atoms with E-state index < -0.39 is 0 Å². The van der Waals surface area contributed by atoms with Gasteiger partial charge in [-0.25, -0.2) is 5.43 Å². The summed E-state index contributed by atoms with van der Waals surface area (Å²) in [4.78, 5) is 27.9. The van der Waals surface area contributed by atoms with Gasteiger partial charge in [0.2, 0.25) is 5.91 Å². The summed E-state index contributed by atoms with van der Waals surface area (Å²) in [6, 6.07) is 25.3. The maximum absolute atomic E-state index is 12.4. The van der Waals surface area contributed by atoms with Gasteiger partial charge in [0.05, 0.1) is 12.0 Å². The van der Waals surface area contributed by atoms with E-state index in [4.69, 9.17) is 0 Å². The zero-order valence-electron chi connectivity index (χ0n) is 17.6. The van der Waals surface area contributed by atoms with Crippen LogP contribution in [0.5, 0.6) is 0 Å². The van der Waals surface area contributed by atoms with Crippen LogP contribution in [0, 0.1) is 0 Å². The number of carbonyl (C=O) groups is 2. The van der Waals surface area contributed by atoms with Crippen LogP contribution >= 0.6 is 23.5 Å². The molecule has 1 aliphatic heterocycles. The van der Waals surface area contributed by atoms with Gasteiger partial charge in [-0.2, -0.15) is 5.10 Å². The van der Waals surface area contributed by atoms with Crippen molar-refractivity contribution in [3.8, 4) is 0 Å². The number of nitrogens with zero attached hydrogens (tertiary/aromatic N) is 2. The molecule has 0 unspecified atom stereocenters. The summed E-state index contributed by atoms with van der Waals surface area (Å²) in [6.07, 6.45) is 3.65. The molecule has 5 nitrogen and oxygen atoms in total. The summed E-state index contributed by atoms with van der Waals surface area (Å²) in [5, 5.41) is 4.00. The van der Waals surface area contributed by atoms with Gasteiger partial charge in [-0.3, -0.25) is 9.59 Å². The average Bonchev–Trinajstić information content (AvgIpc) is 3.20. The molecule has 3 aromatic carbocycles. The third-order valence-electron chi connectivity index (χ3n) is 5.12. The second-order valence-corrected chi connectivity index (χ2v) is 9.21. The van der Waals surface area contributed by atoms with E-state index >= 15 is 0 Å². The smallest absolute Gasteiger partial charge is 0.271 e. The van der Waals surface area contributed by atoms with E-state index in [1.165, 1.54) is 4.90 Å². The first-order valence-electron chi connectivity index (χ1n) is 10.2. The molecule has 0 saturated carbocycles. The highest BCUT2D eigenvalue weighted by atomic mass is 32.2. The van der Waals surface area contributed by atoms with Gasteiger partial charge in [-0.15, -0.1) is 23.5 Å². The van der Waals surface area contributed by atoms with Crippen molar-refractivity contribution in [2.45, 2.75) is 16.8 Å². The lowest BCUT2D eigenvalue weighted by molar-refractivity contribution is -0.128. The Morgan fingerprint density at radius 3 is 2.50 bits per heavy atom. The predicted octanol–water partition coefficient (Wildman–Crippen LogP) is 4.95. The number of hydrogen-bond acceptors (Lipinski definition) is 5. The van der Waals surface area contributed by atoms with Crippen LogP contribution in [0.3, 0.4) is 0 Å². The van der Waals surface area contributed by atoms with Gasteiger partial charge in [0.1, 0.15) is 5.37 Å². The largest absolute Gasteiger partial charge is 0.322 e. The summed E-state index contributed by atoms with van der Waals surface area (Å²) in [7, 11) is 0. The van der Waals surface area contributed by atoms with Crippen molar-refractivity contribution in [1.82, 2.24) is 10.3 Å². The molecule has 0 radical (unpaired) electrons. The Morgan fingerprint density at radius 2 is 1.81 bits per heavy atom. The molecule has 0 bridgehead atoms. The number of thioether (sulfide) groups is 2. The van der Waals surface area contributed by atoms with Crippen LogP contribution in [0.25, 0.3) is 0 Å². The topological polar surface area (TPSA) is 61.8 Å². The highest BCUT2D eigenvalue weighted by Crippen LogP contribution is 2.39. The lowest BCUT2D eigenvalue weighted by Gasteiger charge is -2.24. The van der Waals surface area contributed by atoms with Crippen LogP contribution < -0.4 is 5.43 Å².